The van der Waals surface area contributed by atoms with Crippen LogP contribution in [-0.2, 0) is 0 Å². The molecule has 3 heteroatoms. The third kappa shape index (κ3) is 3.06. The molecule has 0 aromatic carbocycles. The summed E-state index contributed by atoms with van der Waals surface area (Å²) in [5.74, 6) is 0. The summed E-state index contributed by atoms with van der Waals surface area (Å²) >= 11 is 2.00. The lowest BCUT2D eigenvalue weighted by atomic mass is 9.83. The summed E-state index contributed by atoms with van der Waals surface area (Å²) in [7, 11) is 0. The maximum Gasteiger partial charge on any atom is 0.0601 e. The van der Waals surface area contributed by atoms with Crippen molar-refractivity contribution in [2.24, 2.45) is 0 Å². The highest BCUT2D eigenvalue weighted by Gasteiger charge is 2.46. The smallest absolute Gasteiger partial charge is 0.0601 e. The highest BCUT2D eigenvalue weighted by atomic mass is 32.1. The Morgan fingerprint density at radius 2 is 1.86 bits per heavy atom. The van der Waals surface area contributed by atoms with Crippen molar-refractivity contribution >= 4 is 11.3 Å². The Labute approximate surface area is 133 Å². The van der Waals surface area contributed by atoms with Crippen molar-refractivity contribution in [3.63, 3.8) is 0 Å². The third-order valence-corrected chi connectivity index (χ3v) is 6.51. The molecule has 1 atom stereocenters. The first kappa shape index (κ1) is 15.5. The van der Waals surface area contributed by atoms with Crippen LogP contribution in [0, 0.1) is 6.92 Å². The summed E-state index contributed by atoms with van der Waals surface area (Å²) in [6, 6.07) is 5.20. The Bertz CT molecular complexity index is 442. The number of hydrogen-bond donors (Lipinski definition) is 1. The van der Waals surface area contributed by atoms with Crippen LogP contribution in [0.4, 0.5) is 0 Å². The van der Waals surface area contributed by atoms with E-state index in [0.29, 0.717) is 11.6 Å². The van der Waals surface area contributed by atoms with Gasteiger partial charge in [-0.15, -0.1) is 11.3 Å². The molecule has 1 saturated carbocycles. The van der Waals surface area contributed by atoms with Gasteiger partial charge in [-0.2, -0.15) is 0 Å². The van der Waals surface area contributed by atoms with E-state index in [0.717, 1.165) is 6.54 Å². The fraction of sp³-hybridized carbons (Fsp3) is 0.778. The van der Waals surface area contributed by atoms with E-state index in [2.05, 4.69) is 36.2 Å². The molecule has 1 N–H and O–H groups in total. The molecule has 118 valence electrons. The molecule has 3 rings (SSSR count). The maximum atomic E-state index is 3.86. The molecule has 0 bridgehead atoms. The number of piperidine rings is 1. The molecule has 1 aliphatic carbocycles. The van der Waals surface area contributed by atoms with E-state index in [1.54, 1.807) is 4.88 Å². The number of likely N-dealkylation sites (N-methyl/N-ethyl adjacent to an activating group) is 1. The van der Waals surface area contributed by atoms with Crippen LogP contribution in [0.5, 0.6) is 0 Å². The second-order valence-electron chi connectivity index (χ2n) is 6.80. The van der Waals surface area contributed by atoms with E-state index in [4.69, 9.17) is 0 Å². The van der Waals surface area contributed by atoms with Gasteiger partial charge in [-0.1, -0.05) is 26.2 Å². The first-order valence-electron chi connectivity index (χ1n) is 8.81. The zero-order valence-electron chi connectivity index (χ0n) is 13.7. The lowest BCUT2D eigenvalue weighted by Gasteiger charge is -2.48. The van der Waals surface area contributed by atoms with E-state index in [1.165, 1.54) is 62.9 Å². The molecular weight excluding hydrogens is 276 g/mol. The van der Waals surface area contributed by atoms with Crippen LogP contribution in [0.25, 0.3) is 0 Å². The van der Waals surface area contributed by atoms with E-state index < -0.39 is 0 Å². The molecule has 0 radical (unpaired) electrons. The Kier molecular flexibility index (Phi) is 5.03. The number of aryl methyl sites for hydroxylation is 1. The van der Waals surface area contributed by atoms with Crippen molar-refractivity contribution in [3.05, 3.63) is 21.9 Å². The van der Waals surface area contributed by atoms with Gasteiger partial charge in [0, 0.05) is 15.3 Å². The molecule has 1 unspecified atom stereocenters. The topological polar surface area (TPSA) is 15.3 Å². The lowest BCUT2D eigenvalue weighted by molar-refractivity contribution is 0.0376. The minimum Gasteiger partial charge on any atom is -0.308 e. The first-order chi connectivity index (χ1) is 10.3. The molecule has 2 nitrogen and oxygen atoms in total. The van der Waals surface area contributed by atoms with Crippen molar-refractivity contribution in [1.29, 1.82) is 0 Å². The number of nitrogens with zero attached hydrogens (tertiary/aromatic N) is 1. The quantitative estimate of drug-likeness (QED) is 0.861. The normalized spacial score (nSPS) is 24.3. The molecule has 21 heavy (non-hydrogen) atoms. The fourth-order valence-electron chi connectivity index (χ4n) is 4.48. The SMILES string of the molecule is CCNC(c1ccc(C)s1)C1(N2CCCCC2)CCCC1. The van der Waals surface area contributed by atoms with Gasteiger partial charge in [-0.3, -0.25) is 4.90 Å². The molecular formula is C18H30N2S. The summed E-state index contributed by atoms with van der Waals surface area (Å²) in [4.78, 5) is 5.85. The van der Waals surface area contributed by atoms with Crippen LogP contribution in [0.1, 0.15) is 67.7 Å². The number of likely N-dealkylation sites (tertiary alicyclic amines) is 1. The predicted octanol–water partition coefficient (Wildman–Crippen LogP) is 4.51. The van der Waals surface area contributed by atoms with Gasteiger partial charge in [-0.25, -0.2) is 0 Å². The third-order valence-electron chi connectivity index (χ3n) is 5.45. The van der Waals surface area contributed by atoms with Crippen molar-refractivity contribution in [1.82, 2.24) is 10.2 Å². The van der Waals surface area contributed by atoms with Crippen LogP contribution in [0.3, 0.4) is 0 Å². The average molecular weight is 307 g/mol. The number of thiophene rings is 1. The summed E-state index contributed by atoms with van der Waals surface area (Å²) in [6.07, 6.45) is 9.78. The van der Waals surface area contributed by atoms with Crippen LogP contribution < -0.4 is 5.32 Å². The van der Waals surface area contributed by atoms with Crippen LogP contribution in [0.15, 0.2) is 12.1 Å². The van der Waals surface area contributed by atoms with E-state index >= 15 is 0 Å². The van der Waals surface area contributed by atoms with Gasteiger partial charge in [0.05, 0.1) is 6.04 Å². The lowest BCUT2D eigenvalue weighted by Crippen LogP contribution is -2.56. The molecule has 0 spiro atoms. The Morgan fingerprint density at radius 3 is 2.43 bits per heavy atom. The van der Waals surface area contributed by atoms with Crippen LogP contribution in [0.2, 0.25) is 0 Å². The van der Waals surface area contributed by atoms with Crippen molar-refractivity contribution in [2.45, 2.75) is 70.4 Å². The van der Waals surface area contributed by atoms with Gasteiger partial charge in [0.15, 0.2) is 0 Å². The van der Waals surface area contributed by atoms with Crippen LogP contribution in [-0.4, -0.2) is 30.1 Å². The van der Waals surface area contributed by atoms with Crippen molar-refractivity contribution in [2.75, 3.05) is 19.6 Å². The Balaban J connectivity index is 1.92. The largest absolute Gasteiger partial charge is 0.308 e. The van der Waals surface area contributed by atoms with Gasteiger partial charge >= 0.3 is 0 Å². The first-order valence-corrected chi connectivity index (χ1v) is 9.63. The molecule has 1 aromatic heterocycles. The zero-order valence-corrected chi connectivity index (χ0v) is 14.5. The van der Waals surface area contributed by atoms with Gasteiger partial charge in [0.2, 0.25) is 0 Å². The van der Waals surface area contributed by atoms with E-state index in [1.807, 2.05) is 11.3 Å². The fourth-order valence-corrected chi connectivity index (χ4v) is 5.55. The van der Waals surface area contributed by atoms with Gasteiger partial charge < -0.3 is 5.32 Å². The maximum absolute atomic E-state index is 3.86. The molecule has 2 aliphatic rings. The van der Waals surface area contributed by atoms with E-state index in [9.17, 15) is 0 Å². The van der Waals surface area contributed by atoms with Gasteiger partial charge in [-0.05, 0) is 64.4 Å². The zero-order chi connectivity index (χ0) is 14.7. The number of rotatable bonds is 5. The van der Waals surface area contributed by atoms with E-state index in [-0.39, 0.29) is 0 Å². The monoisotopic (exact) mass is 306 g/mol. The Hall–Kier alpha value is -0.380. The number of hydrogen-bond acceptors (Lipinski definition) is 3. The summed E-state index contributed by atoms with van der Waals surface area (Å²) in [5.41, 5.74) is 0.383. The summed E-state index contributed by atoms with van der Waals surface area (Å²) < 4.78 is 0. The van der Waals surface area contributed by atoms with Crippen LogP contribution >= 0.6 is 11.3 Å². The minimum atomic E-state index is 0.383. The Morgan fingerprint density at radius 1 is 1.14 bits per heavy atom. The molecule has 0 amide bonds. The average Bonchev–Trinajstić information content (AvgIpc) is 3.16. The van der Waals surface area contributed by atoms with Crippen molar-refractivity contribution in [3.8, 4) is 0 Å². The highest BCUT2D eigenvalue weighted by Crippen LogP contribution is 2.46. The standard InChI is InChI=1S/C18H30N2S/c1-3-19-17(16-10-9-15(2)21-16)18(11-5-6-12-18)20-13-7-4-8-14-20/h9-10,17,19H,3-8,11-14H2,1-2H3. The van der Waals surface area contributed by atoms with Gasteiger partial charge in [0.25, 0.3) is 0 Å². The second-order valence-corrected chi connectivity index (χ2v) is 8.12. The van der Waals surface area contributed by atoms with Crippen molar-refractivity contribution < 1.29 is 0 Å². The number of nitrogens with one attached hydrogen (secondary N) is 1. The molecule has 1 saturated heterocycles. The predicted molar refractivity (Wildman–Crippen MR) is 92.1 cm³/mol. The van der Waals surface area contributed by atoms with Gasteiger partial charge in [0.1, 0.15) is 0 Å². The molecule has 2 heterocycles. The highest BCUT2D eigenvalue weighted by molar-refractivity contribution is 7.12. The molecule has 1 aromatic rings. The second kappa shape index (κ2) is 6.80. The summed E-state index contributed by atoms with van der Waals surface area (Å²) in [6.45, 7) is 8.18. The molecule has 1 aliphatic heterocycles. The molecule has 2 fully saturated rings. The summed E-state index contributed by atoms with van der Waals surface area (Å²) in [5, 5.41) is 3.86. The minimum absolute atomic E-state index is 0.383.